The maximum atomic E-state index is 12.7. The van der Waals surface area contributed by atoms with Crippen LogP contribution in [0.15, 0.2) is 30.3 Å². The number of carbonyl (C=O) groups excluding carboxylic acids is 1. The molecule has 2 rings (SSSR count). The first-order chi connectivity index (χ1) is 12.7. The van der Waals surface area contributed by atoms with Crippen molar-refractivity contribution in [2.24, 2.45) is 0 Å². The monoisotopic (exact) mass is 428 g/mol. The topological polar surface area (TPSA) is 82.8 Å². The van der Waals surface area contributed by atoms with Crippen molar-refractivity contribution in [3.63, 3.8) is 0 Å². The molecule has 1 amide bonds. The Labute approximate surface area is 176 Å². The minimum Gasteiger partial charge on any atom is -0.496 e. The van der Waals surface area contributed by atoms with E-state index in [2.05, 4.69) is 5.32 Å². The molecule has 0 saturated carbocycles. The van der Waals surface area contributed by atoms with E-state index in [0.717, 1.165) is 5.56 Å². The second-order valence-corrected chi connectivity index (χ2v) is 7.12. The average molecular weight is 429 g/mol. The van der Waals surface area contributed by atoms with Crippen molar-refractivity contribution >= 4 is 35.6 Å². The smallest absolute Gasteiger partial charge is 0.255 e. The number of nitrogens with two attached hydrogens (primary N) is 1. The van der Waals surface area contributed by atoms with Crippen molar-refractivity contribution in [2.45, 2.75) is 19.3 Å². The molecule has 0 atom stereocenters. The third-order valence-electron chi connectivity index (χ3n) is 4.42. The van der Waals surface area contributed by atoms with Gasteiger partial charge in [-0.2, -0.15) is 0 Å². The lowest BCUT2D eigenvalue weighted by molar-refractivity contribution is 0.0942. The van der Waals surface area contributed by atoms with E-state index >= 15 is 0 Å². The highest BCUT2D eigenvalue weighted by Crippen LogP contribution is 2.33. The Bertz CT molecular complexity index is 841. The van der Waals surface area contributed by atoms with Crippen molar-refractivity contribution in [1.29, 1.82) is 0 Å². The number of hydrogen-bond donors (Lipinski definition) is 2. The quantitative estimate of drug-likeness (QED) is 0.649. The minimum absolute atomic E-state index is 0. The Kier molecular flexibility index (Phi) is 8.27. The van der Waals surface area contributed by atoms with Gasteiger partial charge in [-0.25, -0.2) is 0 Å². The number of hydrogen-bond acceptors (Lipinski definition) is 5. The van der Waals surface area contributed by atoms with Gasteiger partial charge in [0, 0.05) is 18.0 Å². The van der Waals surface area contributed by atoms with Gasteiger partial charge in [0.2, 0.25) is 0 Å². The molecule has 2 aromatic rings. The predicted molar refractivity (Wildman–Crippen MR) is 115 cm³/mol. The Balaban J connectivity index is 0.00000392. The molecule has 0 aliphatic carbocycles. The van der Waals surface area contributed by atoms with Crippen LogP contribution in [-0.4, -0.2) is 33.8 Å². The van der Waals surface area contributed by atoms with Crippen LogP contribution >= 0.6 is 24.0 Å². The van der Waals surface area contributed by atoms with Gasteiger partial charge in [0.1, 0.15) is 5.75 Å². The summed E-state index contributed by atoms with van der Waals surface area (Å²) in [4.78, 5) is 12.7. The van der Waals surface area contributed by atoms with E-state index in [1.165, 1.54) is 19.2 Å². The summed E-state index contributed by atoms with van der Waals surface area (Å²) in [5.41, 5.74) is 7.12. The number of benzene rings is 2. The fourth-order valence-corrected chi connectivity index (χ4v) is 2.83. The lowest BCUT2D eigenvalue weighted by Gasteiger charge is -2.26. The van der Waals surface area contributed by atoms with Crippen LogP contribution in [0.2, 0.25) is 5.02 Å². The normalized spacial score (nSPS) is 10.6. The van der Waals surface area contributed by atoms with Crippen LogP contribution in [0.1, 0.15) is 29.8 Å². The van der Waals surface area contributed by atoms with E-state index in [4.69, 9.17) is 31.5 Å². The number of ether oxygens (including phenoxy) is 3. The Hall–Kier alpha value is -2.31. The number of nitrogens with one attached hydrogen (secondary N) is 1. The third kappa shape index (κ3) is 5.14. The largest absolute Gasteiger partial charge is 0.496 e. The number of methoxy groups -OCH3 is 3. The summed E-state index contributed by atoms with van der Waals surface area (Å²) < 4.78 is 15.9. The molecule has 28 heavy (non-hydrogen) atoms. The zero-order valence-corrected chi connectivity index (χ0v) is 18.2. The number of rotatable bonds is 7. The highest BCUT2D eigenvalue weighted by molar-refractivity contribution is 6.33. The molecule has 0 aliphatic rings. The van der Waals surface area contributed by atoms with Crippen molar-refractivity contribution in [3.05, 3.63) is 46.5 Å². The molecule has 0 aromatic heterocycles. The Morgan fingerprint density at radius 1 is 1.04 bits per heavy atom. The van der Waals surface area contributed by atoms with E-state index in [-0.39, 0.29) is 23.7 Å². The molecular weight excluding hydrogens is 403 g/mol. The van der Waals surface area contributed by atoms with Gasteiger partial charge >= 0.3 is 0 Å². The number of anilines is 1. The van der Waals surface area contributed by atoms with Gasteiger partial charge in [-0.05, 0) is 23.8 Å². The molecule has 8 heteroatoms. The van der Waals surface area contributed by atoms with Crippen LogP contribution in [0.4, 0.5) is 5.69 Å². The molecule has 0 heterocycles. The molecule has 0 fully saturated rings. The lowest BCUT2D eigenvalue weighted by atomic mass is 9.84. The zero-order valence-electron chi connectivity index (χ0n) is 16.6. The van der Waals surface area contributed by atoms with Crippen molar-refractivity contribution in [3.8, 4) is 17.2 Å². The van der Waals surface area contributed by atoms with Crippen LogP contribution < -0.4 is 25.3 Å². The number of nitrogen functional groups attached to an aromatic ring is 1. The number of amides is 1. The first-order valence-corrected chi connectivity index (χ1v) is 8.75. The highest BCUT2D eigenvalue weighted by Gasteiger charge is 2.24. The van der Waals surface area contributed by atoms with Gasteiger partial charge in [-0.1, -0.05) is 31.5 Å². The van der Waals surface area contributed by atoms with E-state index in [9.17, 15) is 4.79 Å². The molecule has 0 saturated heterocycles. The van der Waals surface area contributed by atoms with Gasteiger partial charge in [-0.3, -0.25) is 4.79 Å². The highest BCUT2D eigenvalue weighted by atomic mass is 35.5. The first-order valence-electron chi connectivity index (χ1n) is 8.37. The lowest BCUT2D eigenvalue weighted by Crippen LogP contribution is -2.36. The van der Waals surface area contributed by atoms with Crippen LogP contribution in [0.5, 0.6) is 17.2 Å². The molecule has 154 valence electrons. The second-order valence-electron chi connectivity index (χ2n) is 6.71. The van der Waals surface area contributed by atoms with E-state index in [1.54, 1.807) is 14.2 Å². The van der Waals surface area contributed by atoms with E-state index < -0.39 is 0 Å². The molecule has 6 nitrogen and oxygen atoms in total. The van der Waals surface area contributed by atoms with Crippen LogP contribution in [0.3, 0.4) is 0 Å². The van der Waals surface area contributed by atoms with Crippen molar-refractivity contribution in [2.75, 3.05) is 33.6 Å². The summed E-state index contributed by atoms with van der Waals surface area (Å²) in [6.07, 6.45) is 0. The number of halogens is 2. The maximum Gasteiger partial charge on any atom is 0.255 e. The Morgan fingerprint density at radius 3 is 2.21 bits per heavy atom. The second kappa shape index (κ2) is 9.75. The Morgan fingerprint density at radius 2 is 1.64 bits per heavy atom. The van der Waals surface area contributed by atoms with Crippen molar-refractivity contribution < 1.29 is 19.0 Å². The van der Waals surface area contributed by atoms with Crippen molar-refractivity contribution in [1.82, 2.24) is 5.32 Å². The minimum atomic E-state index is -0.347. The van der Waals surface area contributed by atoms with Gasteiger partial charge in [0.05, 0.1) is 37.6 Å². The standard InChI is InChI=1S/C20H25ClN2O4.ClH/c1-20(2,12-6-7-16(25-3)18(8-12)27-5)11-23-19(24)13-9-14(21)15(22)10-17(13)26-4;/h6-10H,11,22H2,1-5H3,(H,23,24);1H. The van der Waals surface area contributed by atoms with Gasteiger partial charge in [0.15, 0.2) is 11.5 Å². The summed E-state index contributed by atoms with van der Waals surface area (Å²) in [7, 11) is 4.66. The fraction of sp³-hybridized carbons (Fsp3) is 0.350. The van der Waals surface area contributed by atoms with E-state index in [1.807, 2.05) is 32.0 Å². The molecule has 2 aromatic carbocycles. The number of carbonyl (C=O) groups is 1. The van der Waals surface area contributed by atoms with Gasteiger partial charge in [-0.15, -0.1) is 12.4 Å². The summed E-state index contributed by atoms with van der Waals surface area (Å²) in [5.74, 6) is 1.38. The molecule has 0 radical (unpaired) electrons. The van der Waals surface area contributed by atoms with Gasteiger partial charge in [0.25, 0.3) is 5.91 Å². The maximum absolute atomic E-state index is 12.7. The van der Waals surface area contributed by atoms with Crippen LogP contribution in [-0.2, 0) is 5.41 Å². The molecule has 0 aliphatic heterocycles. The fourth-order valence-electron chi connectivity index (χ4n) is 2.67. The molecule has 3 N–H and O–H groups in total. The average Bonchev–Trinajstić information content (AvgIpc) is 2.67. The zero-order chi connectivity index (χ0) is 20.2. The van der Waals surface area contributed by atoms with E-state index in [0.29, 0.717) is 40.1 Å². The van der Waals surface area contributed by atoms with Gasteiger partial charge < -0.3 is 25.3 Å². The molecule has 0 bridgehead atoms. The predicted octanol–water partition coefficient (Wildman–Crippen LogP) is 4.08. The summed E-state index contributed by atoms with van der Waals surface area (Å²) >= 11 is 6.05. The summed E-state index contributed by atoms with van der Waals surface area (Å²) in [6.45, 7) is 4.45. The molecule has 0 spiro atoms. The first kappa shape index (κ1) is 23.7. The molecular formula is C20H26Cl2N2O4. The summed E-state index contributed by atoms with van der Waals surface area (Å²) in [6, 6.07) is 8.76. The molecule has 0 unspecified atom stereocenters. The summed E-state index contributed by atoms with van der Waals surface area (Å²) in [5, 5.41) is 3.24. The SMILES string of the molecule is COc1ccc(C(C)(C)CNC(=O)c2cc(Cl)c(N)cc2OC)cc1OC.Cl. The van der Waals surface area contributed by atoms with Crippen LogP contribution in [0, 0.1) is 0 Å². The third-order valence-corrected chi connectivity index (χ3v) is 4.75. The van der Waals surface area contributed by atoms with Crippen LogP contribution in [0.25, 0.3) is 0 Å².